The van der Waals surface area contributed by atoms with Gasteiger partial charge in [0, 0.05) is 13.0 Å². The maximum atomic E-state index is 12.4. The third kappa shape index (κ3) is 4.80. The fraction of sp³-hybridized carbons (Fsp3) is 0.588. The molecule has 2 rings (SSSR count). The van der Waals surface area contributed by atoms with Crippen LogP contribution in [-0.4, -0.2) is 35.6 Å². The maximum Gasteiger partial charge on any atom is 0.326 e. The molecule has 1 aromatic carbocycles. The van der Waals surface area contributed by atoms with Crippen LogP contribution in [-0.2, 0) is 25.7 Å². The molecule has 1 aliphatic rings. The van der Waals surface area contributed by atoms with Crippen molar-refractivity contribution in [2.24, 2.45) is 0 Å². The predicted molar refractivity (Wildman–Crippen MR) is 82.7 cm³/mol. The van der Waals surface area contributed by atoms with Crippen LogP contribution in [0.5, 0.6) is 0 Å². The van der Waals surface area contributed by atoms with Gasteiger partial charge < -0.3 is 9.47 Å². The number of ether oxygens (including phenoxy) is 2. The zero-order valence-corrected chi connectivity index (χ0v) is 13.7. The number of rotatable bonds is 5. The number of hydrogen-bond donors (Lipinski definition) is 0. The Balaban J connectivity index is 2.07. The molecule has 0 radical (unpaired) electrons. The van der Waals surface area contributed by atoms with Gasteiger partial charge in [0.05, 0.1) is 6.54 Å². The van der Waals surface area contributed by atoms with Crippen LogP contribution in [0.2, 0.25) is 0 Å². The first-order chi connectivity index (χ1) is 10.4. The second kappa shape index (κ2) is 7.22. The normalized spacial score (nSPS) is 22.7. The molecule has 5 nitrogen and oxygen atoms in total. The molecule has 5 heteroatoms. The average molecular weight is 307 g/mol. The lowest BCUT2D eigenvalue weighted by Gasteiger charge is -2.25. The van der Waals surface area contributed by atoms with Crippen molar-refractivity contribution in [1.29, 1.82) is 0 Å². The Morgan fingerprint density at radius 2 is 2.00 bits per heavy atom. The van der Waals surface area contributed by atoms with Gasteiger partial charge in [-0.3, -0.25) is 9.63 Å². The molecular weight excluding hydrogens is 282 g/mol. The van der Waals surface area contributed by atoms with E-state index in [4.69, 9.17) is 14.3 Å². The Bertz CT molecular complexity index is 483. The molecule has 0 bridgehead atoms. The molecule has 0 aromatic heterocycles. The van der Waals surface area contributed by atoms with Gasteiger partial charge >= 0.3 is 5.97 Å². The van der Waals surface area contributed by atoms with Crippen molar-refractivity contribution in [2.45, 2.75) is 58.6 Å². The van der Waals surface area contributed by atoms with Gasteiger partial charge in [0.25, 0.3) is 0 Å². The number of nitrogens with zero attached hydrogens (tertiary/aromatic N) is 1. The second-order valence-corrected chi connectivity index (χ2v) is 6.34. The molecule has 0 amide bonds. The summed E-state index contributed by atoms with van der Waals surface area (Å²) in [6.07, 6.45) is 0.0847. The number of esters is 1. The Hall–Kier alpha value is -1.43. The van der Waals surface area contributed by atoms with Gasteiger partial charge in [-0.25, -0.2) is 0 Å². The van der Waals surface area contributed by atoms with Crippen molar-refractivity contribution in [3.05, 3.63) is 35.9 Å². The van der Waals surface area contributed by atoms with Gasteiger partial charge in [-0.15, -0.1) is 0 Å². The molecule has 0 unspecified atom stereocenters. The first kappa shape index (κ1) is 16.9. The molecule has 1 aromatic rings. The van der Waals surface area contributed by atoms with E-state index in [1.807, 2.05) is 58.0 Å². The Labute approximate surface area is 132 Å². The van der Waals surface area contributed by atoms with Crippen LogP contribution in [0.4, 0.5) is 0 Å². The van der Waals surface area contributed by atoms with E-state index in [1.165, 1.54) is 0 Å². The van der Waals surface area contributed by atoms with E-state index in [1.54, 1.807) is 5.06 Å². The fourth-order valence-corrected chi connectivity index (χ4v) is 2.35. The minimum Gasteiger partial charge on any atom is -0.459 e. The van der Waals surface area contributed by atoms with Gasteiger partial charge in [0.2, 0.25) is 0 Å². The smallest absolute Gasteiger partial charge is 0.326 e. The number of benzene rings is 1. The Morgan fingerprint density at radius 3 is 2.59 bits per heavy atom. The molecule has 22 heavy (non-hydrogen) atoms. The summed E-state index contributed by atoms with van der Waals surface area (Å²) in [5.41, 5.74) is 0.562. The lowest BCUT2D eigenvalue weighted by atomic mass is 10.1. The summed E-state index contributed by atoms with van der Waals surface area (Å²) in [5, 5.41) is 1.67. The third-order valence-electron chi connectivity index (χ3n) is 3.23. The first-order valence-electron chi connectivity index (χ1n) is 7.71. The second-order valence-electron chi connectivity index (χ2n) is 6.34. The molecule has 1 saturated heterocycles. The predicted octanol–water partition coefficient (Wildman–Crippen LogP) is 2.90. The minimum absolute atomic E-state index is 0.273. The molecule has 1 fully saturated rings. The standard InChI is InChI=1S/C17H25NO4/c1-5-20-15-11-14(16(19)21-17(2,3)4)18(22-15)12-13-9-7-6-8-10-13/h6-10,14-15H,5,11-12H2,1-4H3/t14-,15-/m0/s1. The largest absolute Gasteiger partial charge is 0.459 e. The van der Waals surface area contributed by atoms with Gasteiger partial charge in [0.15, 0.2) is 6.29 Å². The molecule has 0 N–H and O–H groups in total. The Kier molecular flexibility index (Phi) is 5.56. The summed E-state index contributed by atoms with van der Waals surface area (Å²) in [7, 11) is 0. The SMILES string of the molecule is CCO[C@@H]1C[C@@H](C(=O)OC(C)(C)C)N(Cc2ccccc2)O1. The van der Waals surface area contributed by atoms with Crippen LogP contribution >= 0.6 is 0 Å². The highest BCUT2D eigenvalue weighted by Gasteiger charge is 2.41. The zero-order valence-electron chi connectivity index (χ0n) is 13.7. The van der Waals surface area contributed by atoms with Gasteiger partial charge in [0.1, 0.15) is 11.6 Å². The molecule has 1 aliphatic heterocycles. The molecule has 0 saturated carbocycles. The summed E-state index contributed by atoms with van der Waals surface area (Å²) in [4.78, 5) is 18.2. The van der Waals surface area contributed by atoms with Crippen LogP contribution < -0.4 is 0 Å². The molecule has 122 valence electrons. The summed E-state index contributed by atoms with van der Waals surface area (Å²) < 4.78 is 11.0. The van der Waals surface area contributed by atoms with Crippen molar-refractivity contribution in [1.82, 2.24) is 5.06 Å². The van der Waals surface area contributed by atoms with Crippen molar-refractivity contribution in [3.8, 4) is 0 Å². The summed E-state index contributed by atoms with van der Waals surface area (Å²) in [6.45, 7) is 8.57. The van der Waals surface area contributed by atoms with Crippen molar-refractivity contribution >= 4 is 5.97 Å². The summed E-state index contributed by atoms with van der Waals surface area (Å²) in [6, 6.07) is 9.45. The van der Waals surface area contributed by atoms with Crippen molar-refractivity contribution in [2.75, 3.05) is 6.61 Å². The summed E-state index contributed by atoms with van der Waals surface area (Å²) in [5.74, 6) is -0.273. The molecule has 2 atom stereocenters. The third-order valence-corrected chi connectivity index (χ3v) is 3.23. The number of carbonyl (C=O) groups excluding carboxylic acids is 1. The minimum atomic E-state index is -0.515. The number of carbonyl (C=O) groups is 1. The maximum absolute atomic E-state index is 12.4. The van der Waals surface area contributed by atoms with Crippen LogP contribution in [0.3, 0.4) is 0 Å². The first-order valence-corrected chi connectivity index (χ1v) is 7.71. The summed E-state index contributed by atoms with van der Waals surface area (Å²) >= 11 is 0. The van der Waals surface area contributed by atoms with Crippen molar-refractivity contribution < 1.29 is 19.1 Å². The number of hydrogen-bond acceptors (Lipinski definition) is 5. The van der Waals surface area contributed by atoms with Gasteiger partial charge in [-0.2, -0.15) is 5.06 Å². The quantitative estimate of drug-likeness (QED) is 0.783. The van der Waals surface area contributed by atoms with E-state index in [0.717, 1.165) is 5.56 Å². The van der Waals surface area contributed by atoms with E-state index in [9.17, 15) is 4.79 Å². The van der Waals surface area contributed by atoms with E-state index in [-0.39, 0.29) is 5.97 Å². The fourth-order valence-electron chi connectivity index (χ4n) is 2.35. The van der Waals surface area contributed by atoms with Crippen LogP contribution in [0.25, 0.3) is 0 Å². The highest BCUT2D eigenvalue weighted by atomic mass is 16.8. The van der Waals surface area contributed by atoms with Gasteiger partial charge in [-0.05, 0) is 33.3 Å². The lowest BCUT2D eigenvalue weighted by Crippen LogP contribution is -2.39. The van der Waals surface area contributed by atoms with E-state index >= 15 is 0 Å². The molecule has 0 spiro atoms. The topological polar surface area (TPSA) is 48.0 Å². The Morgan fingerprint density at radius 1 is 1.32 bits per heavy atom. The molecule has 1 heterocycles. The lowest BCUT2D eigenvalue weighted by molar-refractivity contribution is -0.244. The molecule has 0 aliphatic carbocycles. The van der Waals surface area contributed by atoms with E-state index in [2.05, 4.69) is 0 Å². The number of hydroxylamine groups is 2. The van der Waals surface area contributed by atoms with Crippen LogP contribution in [0, 0.1) is 0 Å². The zero-order chi connectivity index (χ0) is 16.2. The highest BCUT2D eigenvalue weighted by molar-refractivity contribution is 5.76. The highest BCUT2D eigenvalue weighted by Crippen LogP contribution is 2.26. The van der Waals surface area contributed by atoms with Crippen LogP contribution in [0.15, 0.2) is 30.3 Å². The van der Waals surface area contributed by atoms with Crippen molar-refractivity contribution in [3.63, 3.8) is 0 Å². The van der Waals surface area contributed by atoms with Gasteiger partial charge in [-0.1, -0.05) is 30.3 Å². The van der Waals surface area contributed by atoms with E-state index < -0.39 is 17.9 Å². The molecular formula is C17H25NO4. The monoisotopic (exact) mass is 307 g/mol. The average Bonchev–Trinajstić information content (AvgIpc) is 2.81. The van der Waals surface area contributed by atoms with Crippen LogP contribution in [0.1, 0.15) is 39.7 Å². The van der Waals surface area contributed by atoms with E-state index in [0.29, 0.717) is 19.6 Å².